The lowest BCUT2D eigenvalue weighted by atomic mass is 10.1. The number of hydrogen-bond donors (Lipinski definition) is 6. The van der Waals surface area contributed by atoms with Crippen LogP contribution < -0.4 is 21.7 Å². The summed E-state index contributed by atoms with van der Waals surface area (Å²) in [7, 11) is 0. The summed E-state index contributed by atoms with van der Waals surface area (Å²) in [5.74, 6) is 0.506. The van der Waals surface area contributed by atoms with Gasteiger partial charge in [0.15, 0.2) is 0 Å². The van der Waals surface area contributed by atoms with Crippen molar-refractivity contribution in [2.75, 3.05) is 13.1 Å². The molecule has 1 fully saturated rings. The van der Waals surface area contributed by atoms with E-state index in [0.717, 1.165) is 0 Å². The molecule has 5 amide bonds. The molecule has 1 aliphatic heterocycles. The zero-order valence-corrected chi connectivity index (χ0v) is 32.1. The van der Waals surface area contributed by atoms with Gasteiger partial charge in [0, 0.05) is 45.2 Å². The third-order valence-electron chi connectivity index (χ3n) is 6.32. The summed E-state index contributed by atoms with van der Waals surface area (Å²) in [6.45, 7) is 11.5. The molecule has 0 bridgehead atoms. The van der Waals surface area contributed by atoms with Gasteiger partial charge in [-0.3, -0.25) is 19.2 Å². The molecule has 1 rings (SSSR count). The standard InChI is InChI=1S/C16H26N2O5.C11H22N2O4.C9H9NO4/c1-5-6-10-13(19)18-12(14(20)21)9-7-8-11-17-15(22)23-16(2,3)4;1-11(2,3)17-10(16)13-7-5-4-6-8(12)9(14)15;1-2-3-4-9(13)14-10-7(11)5-6-8(10)12/h1,12H,6-11H2,2-4H3,(H,17,22)(H,18,19)(H,20,21);8H,4-7,12H2,1-3H3,(H,13,16)(H,14,15);1H,3-6H2/t12-;8-;/m11./s1. The Hall–Kier alpha value is -5.36. The second-order valence-corrected chi connectivity index (χ2v) is 13.7. The van der Waals surface area contributed by atoms with Gasteiger partial charge in [0.1, 0.15) is 23.3 Å². The van der Waals surface area contributed by atoms with Crippen LogP contribution in [-0.4, -0.2) is 99.5 Å². The average Bonchev–Trinajstić information content (AvgIpc) is 3.36. The van der Waals surface area contributed by atoms with Gasteiger partial charge in [-0.15, -0.1) is 29.8 Å². The van der Waals surface area contributed by atoms with Crippen LogP contribution in [0.5, 0.6) is 0 Å². The summed E-state index contributed by atoms with van der Waals surface area (Å²) in [6, 6.07) is -1.77. The number of alkyl carbamates (subject to hydrolysis) is 2. The molecule has 7 N–H and O–H groups in total. The number of unbranched alkanes of at least 4 members (excludes halogenated alkanes) is 2. The number of imide groups is 1. The molecule has 54 heavy (non-hydrogen) atoms. The number of nitrogens with zero attached hydrogens (tertiary/aromatic N) is 1. The van der Waals surface area contributed by atoms with E-state index in [1.54, 1.807) is 41.5 Å². The molecule has 1 saturated heterocycles. The second kappa shape index (κ2) is 27.3. The van der Waals surface area contributed by atoms with Gasteiger partial charge in [0.2, 0.25) is 5.91 Å². The van der Waals surface area contributed by atoms with Crippen LogP contribution in [0, 0.1) is 24.7 Å². The van der Waals surface area contributed by atoms with Crippen LogP contribution in [0.25, 0.3) is 0 Å². The maximum atomic E-state index is 11.5. The summed E-state index contributed by atoms with van der Waals surface area (Å²) in [6.07, 6.45) is 13.0. The summed E-state index contributed by atoms with van der Waals surface area (Å²) >= 11 is 0. The minimum absolute atomic E-state index is 0.00750. The topological polar surface area (TPSA) is 270 Å². The fraction of sp³-hybridized carbons (Fsp3) is 0.667. The monoisotopic (exact) mass is 767 g/mol. The van der Waals surface area contributed by atoms with Crippen molar-refractivity contribution in [3.05, 3.63) is 0 Å². The molecule has 0 aromatic heterocycles. The maximum Gasteiger partial charge on any atom is 0.407 e. The summed E-state index contributed by atoms with van der Waals surface area (Å²) in [4.78, 5) is 93.1. The largest absolute Gasteiger partial charge is 0.480 e. The number of carbonyl (C=O) groups excluding carboxylic acids is 6. The number of nitrogens with two attached hydrogens (primary N) is 1. The van der Waals surface area contributed by atoms with Gasteiger partial charge >= 0.3 is 30.1 Å². The Balaban J connectivity index is 0. The van der Waals surface area contributed by atoms with E-state index in [0.29, 0.717) is 50.3 Å². The zero-order valence-electron chi connectivity index (χ0n) is 32.1. The van der Waals surface area contributed by atoms with Crippen molar-refractivity contribution in [3.63, 3.8) is 0 Å². The van der Waals surface area contributed by atoms with Crippen LogP contribution in [0.3, 0.4) is 0 Å². The van der Waals surface area contributed by atoms with Crippen LogP contribution in [0.4, 0.5) is 9.59 Å². The minimum Gasteiger partial charge on any atom is -0.480 e. The zero-order chi connectivity index (χ0) is 41.9. The Morgan fingerprint density at radius 3 is 1.61 bits per heavy atom. The Kier molecular flexibility index (Phi) is 25.6. The molecular formula is C36H57N5O13. The van der Waals surface area contributed by atoms with E-state index >= 15 is 0 Å². The first-order valence-corrected chi connectivity index (χ1v) is 17.4. The number of hydroxylamine groups is 2. The van der Waals surface area contributed by atoms with E-state index in [9.17, 15) is 38.4 Å². The highest BCUT2D eigenvalue weighted by Gasteiger charge is 2.32. The van der Waals surface area contributed by atoms with Crippen molar-refractivity contribution in [3.8, 4) is 24.7 Å². The number of terminal acetylenes is 2. The smallest absolute Gasteiger partial charge is 0.407 e. The highest BCUT2D eigenvalue weighted by Crippen LogP contribution is 2.13. The van der Waals surface area contributed by atoms with Gasteiger partial charge in [-0.05, 0) is 80.1 Å². The van der Waals surface area contributed by atoms with Crippen LogP contribution >= 0.6 is 0 Å². The molecule has 0 aromatic carbocycles. The number of carbonyl (C=O) groups is 8. The van der Waals surface area contributed by atoms with Crippen LogP contribution in [0.15, 0.2) is 0 Å². The molecule has 18 nitrogen and oxygen atoms in total. The third-order valence-corrected chi connectivity index (χ3v) is 6.32. The lowest BCUT2D eigenvalue weighted by Gasteiger charge is -2.19. The fourth-order valence-corrected chi connectivity index (χ4v) is 3.78. The number of aliphatic carboxylic acids is 2. The molecule has 0 radical (unpaired) electrons. The number of nitrogens with one attached hydrogen (secondary N) is 3. The first-order valence-electron chi connectivity index (χ1n) is 17.4. The van der Waals surface area contributed by atoms with E-state index < -0.39 is 65.2 Å². The third kappa shape index (κ3) is 29.2. The van der Waals surface area contributed by atoms with Gasteiger partial charge in [-0.2, -0.15) is 0 Å². The molecule has 1 aliphatic rings. The quantitative estimate of drug-likeness (QED) is 0.0665. The number of rotatable bonds is 18. The van der Waals surface area contributed by atoms with Crippen LogP contribution in [0.2, 0.25) is 0 Å². The Bertz CT molecular complexity index is 1320. The molecule has 18 heteroatoms. The van der Waals surface area contributed by atoms with Crippen LogP contribution in [0.1, 0.15) is 119 Å². The molecule has 2 atom stereocenters. The first-order chi connectivity index (χ1) is 25.0. The molecule has 0 spiro atoms. The lowest BCUT2D eigenvalue weighted by Crippen LogP contribution is -2.40. The van der Waals surface area contributed by atoms with Gasteiger partial charge in [0.25, 0.3) is 11.8 Å². The second-order valence-electron chi connectivity index (χ2n) is 13.7. The molecular weight excluding hydrogens is 710 g/mol. The van der Waals surface area contributed by atoms with Crippen molar-refractivity contribution in [1.82, 2.24) is 21.0 Å². The van der Waals surface area contributed by atoms with Crippen LogP contribution in [-0.2, 0) is 43.1 Å². The lowest BCUT2D eigenvalue weighted by molar-refractivity contribution is -0.197. The van der Waals surface area contributed by atoms with Crippen molar-refractivity contribution in [2.24, 2.45) is 5.73 Å². The van der Waals surface area contributed by atoms with Crippen molar-refractivity contribution in [2.45, 2.75) is 142 Å². The predicted octanol–water partition coefficient (Wildman–Crippen LogP) is 2.76. The number of ether oxygens (including phenoxy) is 2. The Morgan fingerprint density at radius 2 is 1.20 bits per heavy atom. The number of amides is 5. The average molecular weight is 768 g/mol. The summed E-state index contributed by atoms with van der Waals surface area (Å²) < 4.78 is 10.1. The SMILES string of the molecule is C#CCCC(=O)N[C@H](CCCCNC(=O)OC(C)(C)C)C(=O)O.C#CCCC(=O)ON1C(=O)CCC1=O.CC(C)(C)OC(=O)NCCCC[C@@H](N)C(=O)O. The Morgan fingerprint density at radius 1 is 0.759 bits per heavy atom. The van der Waals surface area contributed by atoms with Gasteiger partial charge < -0.3 is 46.2 Å². The summed E-state index contributed by atoms with van der Waals surface area (Å²) in [5, 5.41) is 25.7. The van der Waals surface area contributed by atoms with E-state index in [1.807, 2.05) is 0 Å². The molecule has 0 saturated carbocycles. The van der Waals surface area contributed by atoms with E-state index in [-0.39, 0.29) is 50.9 Å². The normalized spacial score (nSPS) is 13.2. The fourth-order valence-electron chi connectivity index (χ4n) is 3.78. The van der Waals surface area contributed by atoms with Gasteiger partial charge in [-0.1, -0.05) is 0 Å². The van der Waals surface area contributed by atoms with Gasteiger partial charge in [-0.25, -0.2) is 19.2 Å². The maximum absolute atomic E-state index is 11.5. The highest BCUT2D eigenvalue weighted by molar-refractivity contribution is 6.01. The van der Waals surface area contributed by atoms with E-state index in [1.165, 1.54) is 0 Å². The van der Waals surface area contributed by atoms with E-state index in [4.69, 9.17) is 38.3 Å². The molecule has 0 aromatic rings. The summed E-state index contributed by atoms with van der Waals surface area (Å²) in [5.41, 5.74) is 4.27. The minimum atomic E-state index is -1.08. The van der Waals surface area contributed by atoms with Gasteiger partial charge in [0.05, 0.1) is 6.42 Å². The highest BCUT2D eigenvalue weighted by atomic mass is 16.7. The number of hydrogen-bond acceptors (Lipinski definition) is 12. The molecule has 0 unspecified atom stereocenters. The molecule has 1 heterocycles. The number of carboxylic acids is 2. The number of carboxylic acid groups (broad SMARTS) is 2. The van der Waals surface area contributed by atoms with Crippen molar-refractivity contribution >= 4 is 47.8 Å². The first kappa shape index (κ1) is 50.7. The van der Waals surface area contributed by atoms with Crippen molar-refractivity contribution < 1.29 is 62.9 Å². The predicted molar refractivity (Wildman–Crippen MR) is 195 cm³/mol. The van der Waals surface area contributed by atoms with Crippen molar-refractivity contribution in [1.29, 1.82) is 0 Å². The van der Waals surface area contributed by atoms with E-state index in [2.05, 4.69) is 32.6 Å². The molecule has 0 aliphatic carbocycles. The molecule has 304 valence electrons. The Labute approximate surface area is 316 Å².